The molecule has 1 saturated carbocycles. The maximum atomic E-state index is 12.1. The van der Waals surface area contributed by atoms with Gasteiger partial charge in [-0.15, -0.1) is 0 Å². The minimum Gasteiger partial charge on any atom is -0.392 e. The molecular formula is C18H25NO4. The van der Waals surface area contributed by atoms with Crippen molar-refractivity contribution in [3.8, 4) is 0 Å². The van der Waals surface area contributed by atoms with Gasteiger partial charge >= 0.3 is 0 Å². The lowest BCUT2D eigenvalue weighted by atomic mass is 9.58. The van der Waals surface area contributed by atoms with Crippen molar-refractivity contribution in [3.63, 3.8) is 0 Å². The summed E-state index contributed by atoms with van der Waals surface area (Å²) in [5.41, 5.74) is 2.07. The van der Waals surface area contributed by atoms with Gasteiger partial charge in [-0.2, -0.15) is 0 Å². The Morgan fingerprint density at radius 3 is 2.83 bits per heavy atom. The van der Waals surface area contributed by atoms with Gasteiger partial charge in [0.05, 0.1) is 12.7 Å². The van der Waals surface area contributed by atoms with Crippen LogP contribution in [-0.2, 0) is 20.9 Å². The lowest BCUT2D eigenvalue weighted by molar-refractivity contribution is -0.157. The van der Waals surface area contributed by atoms with Crippen molar-refractivity contribution in [1.82, 2.24) is 5.32 Å². The van der Waals surface area contributed by atoms with Gasteiger partial charge in [-0.3, -0.25) is 4.79 Å². The number of amides is 1. The van der Waals surface area contributed by atoms with Gasteiger partial charge in [0, 0.05) is 24.7 Å². The zero-order valence-corrected chi connectivity index (χ0v) is 13.6. The van der Waals surface area contributed by atoms with E-state index in [0.717, 1.165) is 24.0 Å². The Labute approximate surface area is 137 Å². The number of hydrogen-bond donors (Lipinski definition) is 2. The molecule has 2 N–H and O–H groups in total. The van der Waals surface area contributed by atoms with Crippen LogP contribution < -0.4 is 5.32 Å². The van der Waals surface area contributed by atoms with Crippen LogP contribution in [0.5, 0.6) is 0 Å². The molecule has 2 fully saturated rings. The summed E-state index contributed by atoms with van der Waals surface area (Å²) in [7, 11) is 0. The molecule has 1 aliphatic heterocycles. The highest BCUT2D eigenvalue weighted by molar-refractivity contribution is 5.77. The molecule has 1 aromatic rings. The van der Waals surface area contributed by atoms with Crippen LogP contribution in [0.2, 0.25) is 0 Å². The number of carbonyl (C=O) groups excluding carboxylic acids is 1. The van der Waals surface area contributed by atoms with Crippen LogP contribution in [-0.4, -0.2) is 43.0 Å². The van der Waals surface area contributed by atoms with Gasteiger partial charge in [0.2, 0.25) is 5.91 Å². The highest BCUT2D eigenvalue weighted by Crippen LogP contribution is 2.48. The number of carbonyl (C=O) groups is 1. The Hall–Kier alpha value is -1.43. The predicted octanol–water partition coefficient (Wildman–Crippen LogP) is 1.56. The van der Waals surface area contributed by atoms with Gasteiger partial charge < -0.3 is 19.9 Å². The van der Waals surface area contributed by atoms with Gasteiger partial charge in [0.25, 0.3) is 0 Å². The molecule has 0 unspecified atom stereocenters. The molecule has 1 amide bonds. The molecule has 1 spiro atoms. The second-order valence-corrected chi connectivity index (χ2v) is 6.64. The normalized spacial score (nSPS) is 25.8. The summed E-state index contributed by atoms with van der Waals surface area (Å²) in [6.45, 7) is 3.84. The SMILES string of the molecule is Cc1ccccc1COCC(=O)N[C@@H]1C[C@@H](O)C12CCOCC2. The van der Waals surface area contributed by atoms with Crippen LogP contribution in [0.25, 0.3) is 0 Å². The zero-order chi connectivity index (χ0) is 16.3. The first-order valence-corrected chi connectivity index (χ1v) is 8.29. The standard InChI is InChI=1S/C18H25NO4/c1-13-4-2-3-5-14(13)11-23-12-17(21)19-15-10-16(20)18(15)6-8-22-9-7-18/h2-5,15-16,20H,6-12H2,1H3,(H,19,21)/t15-,16-/m1/s1. The van der Waals surface area contributed by atoms with E-state index in [2.05, 4.69) is 5.32 Å². The Balaban J connectivity index is 1.45. The average Bonchev–Trinajstić information content (AvgIpc) is 2.57. The summed E-state index contributed by atoms with van der Waals surface area (Å²) in [5.74, 6) is -0.110. The second-order valence-electron chi connectivity index (χ2n) is 6.64. The molecular weight excluding hydrogens is 294 g/mol. The molecule has 3 rings (SSSR count). The van der Waals surface area contributed by atoms with Gasteiger partial charge in [-0.05, 0) is 37.3 Å². The first kappa shape index (κ1) is 16.4. The first-order chi connectivity index (χ1) is 11.1. The van der Waals surface area contributed by atoms with Gasteiger partial charge in [-0.25, -0.2) is 0 Å². The predicted molar refractivity (Wildman–Crippen MR) is 85.9 cm³/mol. The topological polar surface area (TPSA) is 67.8 Å². The number of ether oxygens (including phenoxy) is 2. The highest BCUT2D eigenvalue weighted by atomic mass is 16.5. The Morgan fingerprint density at radius 2 is 2.13 bits per heavy atom. The smallest absolute Gasteiger partial charge is 0.246 e. The minimum atomic E-state index is -0.329. The second kappa shape index (κ2) is 6.99. The van der Waals surface area contributed by atoms with Crippen molar-refractivity contribution in [1.29, 1.82) is 0 Å². The third kappa shape index (κ3) is 3.42. The minimum absolute atomic E-state index is 0.0379. The van der Waals surface area contributed by atoms with Gasteiger partial charge in [0.15, 0.2) is 0 Å². The van der Waals surface area contributed by atoms with Crippen LogP contribution in [0, 0.1) is 12.3 Å². The number of aliphatic hydroxyl groups excluding tert-OH is 1. The monoisotopic (exact) mass is 319 g/mol. The molecule has 0 radical (unpaired) electrons. The molecule has 1 aromatic carbocycles. The number of rotatable bonds is 5. The van der Waals surface area contributed by atoms with Crippen molar-refractivity contribution in [2.45, 2.75) is 44.9 Å². The summed E-state index contributed by atoms with van der Waals surface area (Å²) in [4.78, 5) is 12.1. The fourth-order valence-electron chi connectivity index (χ4n) is 3.66. The summed E-state index contributed by atoms with van der Waals surface area (Å²) >= 11 is 0. The molecule has 5 heteroatoms. The Morgan fingerprint density at radius 1 is 1.39 bits per heavy atom. The number of aryl methyl sites for hydroxylation is 1. The maximum absolute atomic E-state index is 12.1. The van der Waals surface area contributed by atoms with E-state index in [1.807, 2.05) is 31.2 Å². The third-order valence-electron chi connectivity index (χ3n) is 5.33. The first-order valence-electron chi connectivity index (χ1n) is 8.29. The van der Waals surface area contributed by atoms with Crippen molar-refractivity contribution < 1.29 is 19.4 Å². The van der Waals surface area contributed by atoms with Crippen LogP contribution in [0.4, 0.5) is 0 Å². The Kier molecular flexibility index (Phi) is 4.99. The molecule has 1 saturated heterocycles. The molecule has 126 valence electrons. The van der Waals surface area contributed by atoms with Crippen molar-refractivity contribution >= 4 is 5.91 Å². The summed E-state index contributed by atoms with van der Waals surface area (Å²) in [6, 6.07) is 8.03. The lowest BCUT2D eigenvalue weighted by Crippen LogP contribution is -2.66. The Bertz CT molecular complexity index is 554. The van der Waals surface area contributed by atoms with E-state index in [0.29, 0.717) is 26.2 Å². The maximum Gasteiger partial charge on any atom is 0.246 e. The molecule has 1 heterocycles. The largest absolute Gasteiger partial charge is 0.392 e. The number of aliphatic hydroxyl groups is 1. The lowest BCUT2D eigenvalue weighted by Gasteiger charge is -2.55. The van der Waals surface area contributed by atoms with Crippen LogP contribution >= 0.6 is 0 Å². The highest BCUT2D eigenvalue weighted by Gasteiger charge is 2.55. The van der Waals surface area contributed by atoms with E-state index in [4.69, 9.17) is 9.47 Å². The third-order valence-corrected chi connectivity index (χ3v) is 5.33. The van der Waals surface area contributed by atoms with E-state index in [-0.39, 0.29) is 30.1 Å². The number of benzene rings is 1. The van der Waals surface area contributed by atoms with E-state index in [1.54, 1.807) is 0 Å². The van der Waals surface area contributed by atoms with Gasteiger partial charge in [-0.1, -0.05) is 24.3 Å². The fraction of sp³-hybridized carbons (Fsp3) is 0.611. The molecule has 1 aliphatic carbocycles. The van der Waals surface area contributed by atoms with Crippen LogP contribution in [0.3, 0.4) is 0 Å². The molecule has 2 aliphatic rings. The summed E-state index contributed by atoms with van der Waals surface area (Å²) < 4.78 is 10.9. The van der Waals surface area contributed by atoms with Crippen LogP contribution in [0.1, 0.15) is 30.4 Å². The molecule has 0 aromatic heterocycles. The van der Waals surface area contributed by atoms with Gasteiger partial charge in [0.1, 0.15) is 6.61 Å². The fourth-order valence-corrected chi connectivity index (χ4v) is 3.66. The van der Waals surface area contributed by atoms with Crippen molar-refractivity contribution in [2.24, 2.45) is 5.41 Å². The van der Waals surface area contributed by atoms with E-state index in [9.17, 15) is 9.90 Å². The van der Waals surface area contributed by atoms with E-state index >= 15 is 0 Å². The molecule has 23 heavy (non-hydrogen) atoms. The van der Waals surface area contributed by atoms with E-state index < -0.39 is 0 Å². The van der Waals surface area contributed by atoms with Crippen molar-refractivity contribution in [3.05, 3.63) is 35.4 Å². The number of nitrogens with one attached hydrogen (secondary N) is 1. The molecule has 5 nitrogen and oxygen atoms in total. The summed E-state index contributed by atoms with van der Waals surface area (Å²) in [5, 5.41) is 13.2. The van der Waals surface area contributed by atoms with Crippen molar-refractivity contribution in [2.75, 3.05) is 19.8 Å². The molecule has 2 atom stereocenters. The molecule has 0 bridgehead atoms. The number of hydrogen-bond acceptors (Lipinski definition) is 4. The summed E-state index contributed by atoms with van der Waals surface area (Å²) in [6.07, 6.45) is 1.92. The van der Waals surface area contributed by atoms with Crippen LogP contribution in [0.15, 0.2) is 24.3 Å². The zero-order valence-electron chi connectivity index (χ0n) is 13.6. The average molecular weight is 319 g/mol. The van der Waals surface area contributed by atoms with E-state index in [1.165, 1.54) is 0 Å². The quantitative estimate of drug-likeness (QED) is 0.864.